The van der Waals surface area contributed by atoms with Gasteiger partial charge in [0.15, 0.2) is 0 Å². The minimum atomic E-state index is -0.0598. The molecule has 33 heavy (non-hydrogen) atoms. The van der Waals surface area contributed by atoms with Gasteiger partial charge in [0.2, 0.25) is 5.43 Å². The summed E-state index contributed by atoms with van der Waals surface area (Å²) in [5, 5.41) is 0.553. The normalized spacial score (nSPS) is 13.4. The van der Waals surface area contributed by atoms with Gasteiger partial charge in [-0.15, -0.1) is 0 Å². The summed E-state index contributed by atoms with van der Waals surface area (Å²) in [6.45, 7) is 1.93. The third-order valence-corrected chi connectivity index (χ3v) is 6.08. The molecule has 0 spiro atoms. The van der Waals surface area contributed by atoms with Gasteiger partial charge in [-0.3, -0.25) is 9.69 Å². The van der Waals surface area contributed by atoms with Gasteiger partial charge in [0.05, 0.1) is 30.7 Å². The monoisotopic (exact) mass is 443 g/mol. The molecule has 1 aliphatic rings. The van der Waals surface area contributed by atoms with Crippen LogP contribution >= 0.6 is 0 Å². The second-order valence-corrected chi connectivity index (χ2v) is 8.01. The van der Waals surface area contributed by atoms with E-state index in [9.17, 15) is 4.79 Å². The summed E-state index contributed by atoms with van der Waals surface area (Å²) in [6.07, 6.45) is 2.37. The summed E-state index contributed by atoms with van der Waals surface area (Å²) in [5.74, 6) is 2.39. The van der Waals surface area contributed by atoms with Gasteiger partial charge >= 0.3 is 0 Å². The standard InChI is InChI=1S/C27H25NO5/c1-30-20-9-7-18(8-10-20)23-16-32-27-21(26(23)29)11-12-25-22(27)15-28(17-33-25)14-13-19-5-3-4-6-24(19)31-2/h3-12,16H,13-15,17H2,1-2H3. The van der Waals surface area contributed by atoms with Gasteiger partial charge in [-0.2, -0.15) is 0 Å². The molecule has 0 amide bonds. The third kappa shape index (κ3) is 4.05. The first-order valence-corrected chi connectivity index (χ1v) is 10.9. The van der Waals surface area contributed by atoms with Gasteiger partial charge in [-0.1, -0.05) is 30.3 Å². The summed E-state index contributed by atoms with van der Waals surface area (Å²) in [7, 11) is 3.30. The van der Waals surface area contributed by atoms with E-state index in [1.165, 1.54) is 0 Å². The van der Waals surface area contributed by atoms with Gasteiger partial charge in [-0.25, -0.2) is 0 Å². The average Bonchev–Trinajstić information content (AvgIpc) is 2.87. The molecule has 0 radical (unpaired) electrons. The molecule has 168 valence electrons. The molecule has 0 atom stereocenters. The van der Waals surface area contributed by atoms with Crippen molar-refractivity contribution in [1.29, 1.82) is 0 Å². The second kappa shape index (κ2) is 9.00. The lowest BCUT2D eigenvalue weighted by molar-refractivity contribution is 0.0966. The van der Waals surface area contributed by atoms with E-state index in [1.807, 2.05) is 48.5 Å². The lowest BCUT2D eigenvalue weighted by Gasteiger charge is -2.29. The predicted molar refractivity (Wildman–Crippen MR) is 127 cm³/mol. The zero-order chi connectivity index (χ0) is 22.8. The van der Waals surface area contributed by atoms with Crippen LogP contribution in [0.1, 0.15) is 11.1 Å². The summed E-state index contributed by atoms with van der Waals surface area (Å²) >= 11 is 0. The average molecular weight is 443 g/mol. The van der Waals surface area contributed by atoms with Gasteiger partial charge < -0.3 is 18.6 Å². The van der Waals surface area contributed by atoms with Crippen molar-refractivity contribution < 1.29 is 18.6 Å². The molecule has 0 unspecified atom stereocenters. The summed E-state index contributed by atoms with van der Waals surface area (Å²) in [5.41, 5.74) is 3.89. The minimum Gasteiger partial charge on any atom is -0.497 e. The molecule has 3 aromatic carbocycles. The van der Waals surface area contributed by atoms with Crippen molar-refractivity contribution in [3.8, 4) is 28.4 Å². The molecule has 2 heterocycles. The highest BCUT2D eigenvalue weighted by atomic mass is 16.5. The van der Waals surface area contributed by atoms with Crippen LogP contribution in [-0.2, 0) is 13.0 Å². The van der Waals surface area contributed by atoms with Crippen molar-refractivity contribution in [3.05, 3.63) is 88.3 Å². The zero-order valence-electron chi connectivity index (χ0n) is 18.7. The van der Waals surface area contributed by atoms with Gasteiger partial charge in [0.25, 0.3) is 0 Å². The van der Waals surface area contributed by atoms with E-state index < -0.39 is 0 Å². The van der Waals surface area contributed by atoms with Crippen molar-refractivity contribution in [3.63, 3.8) is 0 Å². The Bertz CT molecular complexity index is 1340. The Morgan fingerprint density at radius 2 is 1.79 bits per heavy atom. The lowest BCUT2D eigenvalue weighted by atomic mass is 10.0. The fourth-order valence-corrected chi connectivity index (χ4v) is 4.26. The topological polar surface area (TPSA) is 61.1 Å². The van der Waals surface area contributed by atoms with Gasteiger partial charge in [0.1, 0.15) is 35.8 Å². The highest BCUT2D eigenvalue weighted by Gasteiger charge is 2.23. The minimum absolute atomic E-state index is 0.0598. The number of nitrogens with zero attached hydrogens (tertiary/aromatic N) is 1. The van der Waals surface area contributed by atoms with E-state index >= 15 is 0 Å². The molecule has 5 rings (SSSR count). The maximum atomic E-state index is 13.3. The maximum absolute atomic E-state index is 13.3. The van der Waals surface area contributed by atoms with Crippen LogP contribution in [0.2, 0.25) is 0 Å². The van der Waals surface area contributed by atoms with Crippen LogP contribution in [0.25, 0.3) is 22.1 Å². The van der Waals surface area contributed by atoms with Crippen LogP contribution in [0, 0.1) is 0 Å². The first kappa shape index (κ1) is 21.1. The Kier molecular flexibility index (Phi) is 5.75. The third-order valence-electron chi connectivity index (χ3n) is 6.08. The molecular weight excluding hydrogens is 418 g/mol. The quantitative estimate of drug-likeness (QED) is 0.424. The Balaban J connectivity index is 1.42. The molecule has 0 bridgehead atoms. The van der Waals surface area contributed by atoms with Crippen LogP contribution in [-0.4, -0.2) is 32.4 Å². The van der Waals surface area contributed by atoms with Crippen LogP contribution in [0.3, 0.4) is 0 Å². The highest BCUT2D eigenvalue weighted by molar-refractivity contribution is 5.85. The van der Waals surface area contributed by atoms with Gasteiger partial charge in [0, 0.05) is 13.1 Å². The number of fused-ring (bicyclic) bond motifs is 3. The summed E-state index contributed by atoms with van der Waals surface area (Å²) < 4.78 is 22.7. The number of methoxy groups -OCH3 is 2. The molecule has 0 fully saturated rings. The summed E-state index contributed by atoms with van der Waals surface area (Å²) in [6, 6.07) is 19.1. The van der Waals surface area contributed by atoms with E-state index in [2.05, 4.69) is 11.0 Å². The maximum Gasteiger partial charge on any atom is 0.200 e. The highest BCUT2D eigenvalue weighted by Crippen LogP contribution is 2.33. The van der Waals surface area contributed by atoms with E-state index in [1.54, 1.807) is 26.5 Å². The molecule has 0 saturated heterocycles. The molecule has 1 aromatic heterocycles. The van der Waals surface area contributed by atoms with Gasteiger partial charge in [-0.05, 0) is 47.9 Å². The Morgan fingerprint density at radius 1 is 0.970 bits per heavy atom. The fraction of sp³-hybridized carbons (Fsp3) is 0.222. The smallest absolute Gasteiger partial charge is 0.200 e. The van der Waals surface area contributed by atoms with E-state index in [0.717, 1.165) is 46.9 Å². The molecule has 6 heteroatoms. The first-order chi connectivity index (χ1) is 16.2. The number of para-hydroxylation sites is 1. The Hall–Kier alpha value is -3.77. The fourth-order valence-electron chi connectivity index (χ4n) is 4.26. The van der Waals surface area contributed by atoms with Crippen LogP contribution < -0.4 is 19.6 Å². The number of benzene rings is 3. The molecule has 1 aliphatic heterocycles. The van der Waals surface area contributed by atoms with Crippen molar-refractivity contribution in [1.82, 2.24) is 4.90 Å². The van der Waals surface area contributed by atoms with Crippen molar-refractivity contribution in [2.45, 2.75) is 13.0 Å². The first-order valence-electron chi connectivity index (χ1n) is 10.9. The number of rotatable bonds is 6. The molecule has 4 aromatic rings. The lowest BCUT2D eigenvalue weighted by Crippen LogP contribution is -2.33. The Morgan fingerprint density at radius 3 is 2.58 bits per heavy atom. The van der Waals surface area contributed by atoms with Crippen LogP contribution in [0.5, 0.6) is 17.2 Å². The molecule has 0 aliphatic carbocycles. The van der Waals surface area contributed by atoms with E-state index in [4.69, 9.17) is 18.6 Å². The van der Waals surface area contributed by atoms with Crippen LogP contribution in [0.15, 0.2) is 76.1 Å². The SMILES string of the molecule is COc1ccc(-c2coc3c4c(ccc3c2=O)OCN(CCc2ccccc2OC)C4)cc1. The number of ether oxygens (including phenoxy) is 3. The largest absolute Gasteiger partial charge is 0.497 e. The van der Waals surface area contributed by atoms with E-state index in [-0.39, 0.29) is 5.43 Å². The number of hydrogen-bond acceptors (Lipinski definition) is 6. The summed E-state index contributed by atoms with van der Waals surface area (Å²) in [4.78, 5) is 15.5. The Labute approximate surface area is 191 Å². The number of hydrogen-bond donors (Lipinski definition) is 0. The van der Waals surface area contributed by atoms with E-state index in [0.29, 0.717) is 29.8 Å². The molecule has 6 nitrogen and oxygen atoms in total. The molecular formula is C27H25NO5. The predicted octanol–water partition coefficient (Wildman–Crippen LogP) is 4.87. The molecule has 0 N–H and O–H groups in total. The molecule has 0 saturated carbocycles. The van der Waals surface area contributed by atoms with Crippen molar-refractivity contribution >= 4 is 11.0 Å². The van der Waals surface area contributed by atoms with Crippen molar-refractivity contribution in [2.75, 3.05) is 27.5 Å². The van der Waals surface area contributed by atoms with Crippen molar-refractivity contribution in [2.24, 2.45) is 0 Å². The van der Waals surface area contributed by atoms with Crippen LogP contribution in [0.4, 0.5) is 0 Å². The zero-order valence-corrected chi connectivity index (χ0v) is 18.7. The second-order valence-electron chi connectivity index (χ2n) is 8.01.